The van der Waals surface area contributed by atoms with Crippen molar-refractivity contribution in [3.05, 3.63) is 15.6 Å². The Kier molecular flexibility index (Phi) is 2.25. The maximum absolute atomic E-state index is 8.65. The van der Waals surface area contributed by atoms with Crippen LogP contribution in [0, 0.1) is 25.2 Å². The normalized spacial score (nSPS) is 12.5. The van der Waals surface area contributed by atoms with Gasteiger partial charge in [0.05, 0.1) is 22.7 Å². The number of aromatic nitrogens is 1. The molecule has 1 unspecified atom stereocenters. The molecule has 0 bridgehead atoms. The fourth-order valence-electron chi connectivity index (χ4n) is 1.01. The fourth-order valence-corrected chi connectivity index (χ4v) is 1.93. The summed E-state index contributed by atoms with van der Waals surface area (Å²) in [6.07, 6.45) is 0. The average molecular weight is 166 g/mol. The fraction of sp³-hybridized carbons (Fsp3) is 0.500. The van der Waals surface area contributed by atoms with Gasteiger partial charge < -0.3 is 0 Å². The summed E-state index contributed by atoms with van der Waals surface area (Å²) in [5.74, 6) is -0.0128. The molecular weight excluding hydrogens is 156 g/mol. The van der Waals surface area contributed by atoms with E-state index in [4.69, 9.17) is 5.26 Å². The highest BCUT2D eigenvalue weighted by atomic mass is 32.1. The zero-order valence-electron chi connectivity index (χ0n) is 6.88. The zero-order valence-corrected chi connectivity index (χ0v) is 7.70. The molecule has 0 amide bonds. The topological polar surface area (TPSA) is 36.7 Å². The van der Waals surface area contributed by atoms with Gasteiger partial charge in [-0.15, -0.1) is 11.3 Å². The van der Waals surface area contributed by atoms with Gasteiger partial charge in [0, 0.05) is 4.88 Å². The van der Waals surface area contributed by atoms with Gasteiger partial charge >= 0.3 is 0 Å². The van der Waals surface area contributed by atoms with Crippen molar-refractivity contribution >= 4 is 11.3 Å². The molecule has 0 saturated carbocycles. The lowest BCUT2D eigenvalue weighted by atomic mass is 10.1. The van der Waals surface area contributed by atoms with E-state index in [1.807, 2.05) is 20.8 Å². The SMILES string of the molecule is Cc1nc(C)c(C(C)C#N)s1. The summed E-state index contributed by atoms with van der Waals surface area (Å²) in [4.78, 5) is 5.35. The molecule has 11 heavy (non-hydrogen) atoms. The van der Waals surface area contributed by atoms with Crippen molar-refractivity contribution in [2.24, 2.45) is 0 Å². The summed E-state index contributed by atoms with van der Waals surface area (Å²) in [5.41, 5.74) is 1.00. The van der Waals surface area contributed by atoms with Gasteiger partial charge in [0.15, 0.2) is 0 Å². The third kappa shape index (κ3) is 1.58. The maximum atomic E-state index is 8.65. The number of nitrogens with zero attached hydrogens (tertiary/aromatic N) is 2. The van der Waals surface area contributed by atoms with Crippen molar-refractivity contribution in [1.29, 1.82) is 5.26 Å². The van der Waals surface area contributed by atoms with E-state index in [2.05, 4.69) is 11.1 Å². The number of nitriles is 1. The third-order valence-electron chi connectivity index (χ3n) is 1.53. The molecule has 1 heterocycles. The molecule has 1 aromatic rings. The predicted molar refractivity (Wildman–Crippen MR) is 45.6 cm³/mol. The first-order valence-electron chi connectivity index (χ1n) is 3.48. The lowest BCUT2D eigenvalue weighted by Crippen LogP contribution is -1.87. The Bertz CT molecular complexity index is 296. The van der Waals surface area contributed by atoms with Crippen LogP contribution < -0.4 is 0 Å². The quantitative estimate of drug-likeness (QED) is 0.642. The highest BCUT2D eigenvalue weighted by Crippen LogP contribution is 2.25. The van der Waals surface area contributed by atoms with Crippen LogP contribution in [0.5, 0.6) is 0 Å². The van der Waals surface area contributed by atoms with Gasteiger partial charge in [-0.25, -0.2) is 4.98 Å². The smallest absolute Gasteiger partial charge is 0.0900 e. The van der Waals surface area contributed by atoms with Crippen LogP contribution in [0.2, 0.25) is 0 Å². The van der Waals surface area contributed by atoms with E-state index in [0.29, 0.717) is 0 Å². The molecule has 0 radical (unpaired) electrons. The Morgan fingerprint density at radius 2 is 2.18 bits per heavy atom. The van der Waals surface area contributed by atoms with Crippen LogP contribution in [-0.4, -0.2) is 4.98 Å². The van der Waals surface area contributed by atoms with Crippen LogP contribution in [-0.2, 0) is 0 Å². The van der Waals surface area contributed by atoms with E-state index in [0.717, 1.165) is 15.6 Å². The Morgan fingerprint density at radius 1 is 1.55 bits per heavy atom. The second-order valence-electron chi connectivity index (χ2n) is 2.53. The molecule has 0 spiro atoms. The lowest BCUT2D eigenvalue weighted by molar-refractivity contribution is 0.981. The second-order valence-corrected chi connectivity index (χ2v) is 3.77. The van der Waals surface area contributed by atoms with Gasteiger partial charge in [-0.3, -0.25) is 0 Å². The van der Waals surface area contributed by atoms with Gasteiger partial charge in [-0.1, -0.05) is 0 Å². The molecule has 3 heteroatoms. The lowest BCUT2D eigenvalue weighted by Gasteiger charge is -1.96. The van der Waals surface area contributed by atoms with Crippen LogP contribution in [0.1, 0.15) is 28.4 Å². The first-order valence-corrected chi connectivity index (χ1v) is 4.30. The number of aryl methyl sites for hydroxylation is 2. The molecule has 0 aliphatic rings. The Hall–Kier alpha value is -0.880. The molecule has 58 valence electrons. The number of thiazole rings is 1. The molecule has 0 saturated heterocycles. The Labute approximate surface area is 70.5 Å². The van der Waals surface area contributed by atoms with Crippen LogP contribution >= 0.6 is 11.3 Å². The van der Waals surface area contributed by atoms with E-state index in [-0.39, 0.29) is 5.92 Å². The monoisotopic (exact) mass is 166 g/mol. The second kappa shape index (κ2) is 3.02. The van der Waals surface area contributed by atoms with Crippen molar-refractivity contribution in [3.63, 3.8) is 0 Å². The molecule has 0 N–H and O–H groups in total. The standard InChI is InChI=1S/C8H10N2S/c1-5(4-9)8-6(2)10-7(3)11-8/h5H,1-3H3. The van der Waals surface area contributed by atoms with E-state index < -0.39 is 0 Å². The van der Waals surface area contributed by atoms with Crippen molar-refractivity contribution in [1.82, 2.24) is 4.98 Å². The van der Waals surface area contributed by atoms with Crippen LogP contribution in [0.15, 0.2) is 0 Å². The summed E-state index contributed by atoms with van der Waals surface area (Å²) >= 11 is 1.61. The molecule has 0 aliphatic carbocycles. The summed E-state index contributed by atoms with van der Waals surface area (Å²) in [6, 6.07) is 2.21. The van der Waals surface area contributed by atoms with Crippen LogP contribution in [0.25, 0.3) is 0 Å². The summed E-state index contributed by atoms with van der Waals surface area (Å²) < 4.78 is 0. The third-order valence-corrected chi connectivity index (χ3v) is 2.78. The first-order chi connectivity index (χ1) is 5.15. The van der Waals surface area contributed by atoms with Crippen molar-refractivity contribution in [3.8, 4) is 6.07 Å². The minimum atomic E-state index is -0.0128. The summed E-state index contributed by atoms with van der Waals surface area (Å²) in [5, 5.41) is 9.69. The molecule has 0 aromatic carbocycles. The minimum Gasteiger partial charge on any atom is -0.247 e. The zero-order chi connectivity index (χ0) is 8.43. The summed E-state index contributed by atoms with van der Waals surface area (Å²) in [6.45, 7) is 5.82. The summed E-state index contributed by atoms with van der Waals surface area (Å²) in [7, 11) is 0. The van der Waals surface area contributed by atoms with Gasteiger partial charge in [0.25, 0.3) is 0 Å². The highest BCUT2D eigenvalue weighted by molar-refractivity contribution is 7.11. The molecule has 1 aromatic heterocycles. The van der Waals surface area contributed by atoms with Gasteiger partial charge in [-0.05, 0) is 20.8 Å². The molecule has 0 fully saturated rings. The molecule has 2 nitrogen and oxygen atoms in total. The van der Waals surface area contributed by atoms with Gasteiger partial charge in [0.2, 0.25) is 0 Å². The molecule has 0 aliphatic heterocycles. The Morgan fingerprint density at radius 3 is 2.55 bits per heavy atom. The molecule has 1 atom stereocenters. The first kappa shape index (κ1) is 8.22. The van der Waals surface area contributed by atoms with Gasteiger partial charge in [0.1, 0.15) is 0 Å². The van der Waals surface area contributed by atoms with Crippen LogP contribution in [0.3, 0.4) is 0 Å². The van der Waals surface area contributed by atoms with Gasteiger partial charge in [-0.2, -0.15) is 5.26 Å². The molecular formula is C8H10N2S. The predicted octanol–water partition coefficient (Wildman–Crippen LogP) is 2.39. The number of rotatable bonds is 1. The maximum Gasteiger partial charge on any atom is 0.0900 e. The van der Waals surface area contributed by atoms with E-state index in [1.165, 1.54) is 0 Å². The largest absolute Gasteiger partial charge is 0.247 e. The van der Waals surface area contributed by atoms with Crippen molar-refractivity contribution in [2.75, 3.05) is 0 Å². The minimum absolute atomic E-state index is 0.0128. The number of hydrogen-bond donors (Lipinski definition) is 0. The Balaban J connectivity index is 3.05. The van der Waals surface area contributed by atoms with E-state index >= 15 is 0 Å². The van der Waals surface area contributed by atoms with Crippen molar-refractivity contribution in [2.45, 2.75) is 26.7 Å². The average Bonchev–Trinajstić information content (AvgIpc) is 2.28. The number of hydrogen-bond acceptors (Lipinski definition) is 3. The van der Waals surface area contributed by atoms with E-state index in [9.17, 15) is 0 Å². The van der Waals surface area contributed by atoms with Crippen molar-refractivity contribution < 1.29 is 0 Å². The highest BCUT2D eigenvalue weighted by Gasteiger charge is 2.10. The molecule has 1 rings (SSSR count). The van der Waals surface area contributed by atoms with E-state index in [1.54, 1.807) is 11.3 Å². The van der Waals surface area contributed by atoms with Crippen LogP contribution in [0.4, 0.5) is 0 Å².